The number of hydrogen-bond donors (Lipinski definition) is 0. The first-order valence-electron chi connectivity index (χ1n) is 5.04. The molecule has 1 saturated carbocycles. The number of alkyl halides is 1. The fourth-order valence-corrected chi connectivity index (χ4v) is 2.07. The molecule has 0 amide bonds. The summed E-state index contributed by atoms with van der Waals surface area (Å²) in [6.45, 7) is 3.55. The lowest BCUT2D eigenvalue weighted by Crippen LogP contribution is -2.07. The van der Waals surface area contributed by atoms with Crippen LogP contribution in [0.5, 0.6) is 0 Å². The molecule has 0 heterocycles. The maximum Gasteiger partial charge on any atom is 0.128 e. The Balaban J connectivity index is 2.39. The Morgan fingerprint density at radius 2 is 1.87 bits per heavy atom. The molecule has 1 aromatic rings. The van der Waals surface area contributed by atoms with Gasteiger partial charge in [-0.2, -0.15) is 0 Å². The molecule has 0 saturated heterocycles. The van der Waals surface area contributed by atoms with E-state index in [9.17, 15) is 8.78 Å². The SMILES string of the molecule is Cc1cc(F)c(C(Cl)C2(C)CC2)cc1F. The molecule has 1 unspecified atom stereocenters. The number of benzene rings is 1. The molecule has 0 aliphatic heterocycles. The summed E-state index contributed by atoms with van der Waals surface area (Å²) in [5, 5.41) is -0.424. The zero-order chi connectivity index (χ0) is 11.2. The van der Waals surface area contributed by atoms with Gasteiger partial charge in [0.05, 0.1) is 5.38 Å². The fourth-order valence-electron chi connectivity index (χ4n) is 1.68. The number of aryl methyl sites for hydroxylation is 1. The van der Waals surface area contributed by atoms with E-state index >= 15 is 0 Å². The minimum absolute atomic E-state index is 0.0515. The van der Waals surface area contributed by atoms with Crippen molar-refractivity contribution in [2.24, 2.45) is 5.41 Å². The summed E-state index contributed by atoms with van der Waals surface area (Å²) in [7, 11) is 0. The van der Waals surface area contributed by atoms with Crippen molar-refractivity contribution in [3.05, 3.63) is 34.9 Å². The summed E-state index contributed by atoms with van der Waals surface area (Å²) in [5.74, 6) is -0.789. The largest absolute Gasteiger partial charge is 0.207 e. The van der Waals surface area contributed by atoms with Crippen LogP contribution in [-0.2, 0) is 0 Å². The van der Waals surface area contributed by atoms with Crippen LogP contribution >= 0.6 is 11.6 Å². The molecule has 0 N–H and O–H groups in total. The van der Waals surface area contributed by atoms with Crippen LogP contribution in [0.15, 0.2) is 12.1 Å². The van der Waals surface area contributed by atoms with Gasteiger partial charge in [-0.05, 0) is 42.9 Å². The van der Waals surface area contributed by atoms with E-state index in [4.69, 9.17) is 11.6 Å². The average Bonchev–Trinajstić information content (AvgIpc) is 2.90. The smallest absolute Gasteiger partial charge is 0.128 e. The second-order valence-electron chi connectivity index (χ2n) is 4.64. The normalized spacial score (nSPS) is 20.1. The van der Waals surface area contributed by atoms with E-state index in [0.717, 1.165) is 12.8 Å². The molecule has 3 heteroatoms. The lowest BCUT2D eigenvalue weighted by atomic mass is 9.96. The monoisotopic (exact) mass is 230 g/mol. The predicted molar refractivity (Wildman–Crippen MR) is 57.0 cm³/mol. The van der Waals surface area contributed by atoms with Gasteiger partial charge in [0.15, 0.2) is 0 Å². The van der Waals surface area contributed by atoms with Gasteiger partial charge in [0.25, 0.3) is 0 Å². The Morgan fingerprint density at radius 3 is 2.40 bits per heavy atom. The zero-order valence-corrected chi connectivity index (χ0v) is 9.54. The summed E-state index contributed by atoms with van der Waals surface area (Å²) in [6, 6.07) is 2.44. The van der Waals surface area contributed by atoms with E-state index in [1.165, 1.54) is 12.1 Å². The lowest BCUT2D eigenvalue weighted by molar-refractivity contribution is 0.509. The van der Waals surface area contributed by atoms with E-state index in [2.05, 4.69) is 0 Å². The molecule has 1 aromatic carbocycles. The molecule has 0 spiro atoms. The van der Waals surface area contributed by atoms with Crippen molar-refractivity contribution >= 4 is 11.6 Å². The third-order valence-electron chi connectivity index (χ3n) is 3.20. The van der Waals surface area contributed by atoms with Gasteiger partial charge in [-0.1, -0.05) is 6.92 Å². The standard InChI is InChI=1S/C12H13ClF2/c1-7-5-10(15)8(6-9(7)14)11(13)12(2)3-4-12/h5-6,11H,3-4H2,1-2H3. The van der Waals surface area contributed by atoms with Crippen LogP contribution in [0.1, 0.15) is 36.3 Å². The summed E-state index contributed by atoms with van der Waals surface area (Å²) >= 11 is 6.17. The topological polar surface area (TPSA) is 0 Å². The highest BCUT2D eigenvalue weighted by atomic mass is 35.5. The minimum atomic E-state index is -0.424. The van der Waals surface area contributed by atoms with Crippen LogP contribution in [0.3, 0.4) is 0 Å². The van der Waals surface area contributed by atoms with Crippen molar-refractivity contribution in [2.45, 2.75) is 32.1 Å². The summed E-state index contributed by atoms with van der Waals surface area (Å²) in [6.07, 6.45) is 1.96. The van der Waals surface area contributed by atoms with Crippen LogP contribution < -0.4 is 0 Å². The summed E-state index contributed by atoms with van der Waals surface area (Å²) < 4.78 is 26.9. The van der Waals surface area contributed by atoms with Gasteiger partial charge in [0, 0.05) is 5.56 Å². The summed E-state index contributed by atoms with van der Waals surface area (Å²) in [4.78, 5) is 0. The van der Waals surface area contributed by atoms with Crippen molar-refractivity contribution in [1.29, 1.82) is 0 Å². The van der Waals surface area contributed by atoms with Crippen LogP contribution in [-0.4, -0.2) is 0 Å². The Bertz CT molecular complexity index is 397. The highest BCUT2D eigenvalue weighted by Crippen LogP contribution is 2.57. The molecule has 15 heavy (non-hydrogen) atoms. The zero-order valence-electron chi connectivity index (χ0n) is 8.78. The highest BCUT2D eigenvalue weighted by molar-refractivity contribution is 6.21. The van der Waals surface area contributed by atoms with Crippen LogP contribution in [0.2, 0.25) is 0 Å². The molecule has 82 valence electrons. The Hall–Kier alpha value is -0.630. The van der Waals surface area contributed by atoms with Crippen LogP contribution in [0.25, 0.3) is 0 Å². The van der Waals surface area contributed by atoms with E-state index in [0.29, 0.717) is 11.1 Å². The molecule has 0 radical (unpaired) electrons. The van der Waals surface area contributed by atoms with Gasteiger partial charge < -0.3 is 0 Å². The Morgan fingerprint density at radius 1 is 1.27 bits per heavy atom. The van der Waals surface area contributed by atoms with E-state index in [1.807, 2.05) is 6.92 Å². The van der Waals surface area contributed by atoms with Crippen molar-refractivity contribution in [2.75, 3.05) is 0 Å². The average molecular weight is 231 g/mol. The van der Waals surface area contributed by atoms with E-state index < -0.39 is 11.2 Å². The quantitative estimate of drug-likeness (QED) is 0.663. The molecule has 0 bridgehead atoms. The number of rotatable bonds is 2. The minimum Gasteiger partial charge on any atom is -0.207 e. The number of halogens is 3. The first-order chi connectivity index (χ1) is 6.94. The van der Waals surface area contributed by atoms with Crippen molar-refractivity contribution < 1.29 is 8.78 Å². The molecule has 1 aliphatic carbocycles. The molecule has 2 rings (SSSR count). The molecule has 0 nitrogen and oxygen atoms in total. The Labute approximate surface area is 93.2 Å². The lowest BCUT2D eigenvalue weighted by Gasteiger charge is -2.18. The molecule has 1 aliphatic rings. The van der Waals surface area contributed by atoms with Gasteiger partial charge >= 0.3 is 0 Å². The van der Waals surface area contributed by atoms with Crippen LogP contribution in [0.4, 0.5) is 8.78 Å². The number of hydrogen-bond acceptors (Lipinski definition) is 0. The second kappa shape index (κ2) is 3.44. The van der Waals surface area contributed by atoms with Gasteiger partial charge in [-0.15, -0.1) is 11.6 Å². The van der Waals surface area contributed by atoms with Gasteiger partial charge in [0.1, 0.15) is 11.6 Å². The fraction of sp³-hybridized carbons (Fsp3) is 0.500. The Kier molecular flexibility index (Phi) is 2.50. The predicted octanol–water partition coefficient (Wildman–Crippen LogP) is 4.35. The maximum atomic E-state index is 13.6. The van der Waals surface area contributed by atoms with Crippen molar-refractivity contribution in [1.82, 2.24) is 0 Å². The maximum absolute atomic E-state index is 13.6. The molecule has 1 atom stereocenters. The summed E-state index contributed by atoms with van der Waals surface area (Å²) in [5.41, 5.74) is 0.560. The molecular formula is C12H13ClF2. The molecule has 0 aromatic heterocycles. The molecular weight excluding hydrogens is 218 g/mol. The van der Waals surface area contributed by atoms with Crippen LogP contribution in [0, 0.1) is 24.0 Å². The van der Waals surface area contributed by atoms with Crippen molar-refractivity contribution in [3.63, 3.8) is 0 Å². The van der Waals surface area contributed by atoms with Gasteiger partial charge in [-0.25, -0.2) is 8.78 Å². The van der Waals surface area contributed by atoms with Crippen molar-refractivity contribution in [3.8, 4) is 0 Å². The third kappa shape index (κ3) is 1.87. The van der Waals surface area contributed by atoms with Gasteiger partial charge in [0.2, 0.25) is 0 Å². The first kappa shape index (κ1) is 10.9. The molecule has 1 fully saturated rings. The first-order valence-corrected chi connectivity index (χ1v) is 5.47. The highest BCUT2D eigenvalue weighted by Gasteiger charge is 2.45. The van der Waals surface area contributed by atoms with E-state index in [-0.39, 0.29) is 11.2 Å². The van der Waals surface area contributed by atoms with E-state index in [1.54, 1.807) is 6.92 Å². The second-order valence-corrected chi connectivity index (χ2v) is 5.08. The third-order valence-corrected chi connectivity index (χ3v) is 3.96. The van der Waals surface area contributed by atoms with Gasteiger partial charge in [-0.3, -0.25) is 0 Å².